The fourth-order valence-corrected chi connectivity index (χ4v) is 7.90. The number of allylic oxidation sites excluding steroid dienone is 1. The van der Waals surface area contributed by atoms with Crippen LogP contribution in [0.5, 0.6) is 11.5 Å². The molecule has 0 spiro atoms. The minimum absolute atomic E-state index is 0.0737. The predicted octanol–water partition coefficient (Wildman–Crippen LogP) is 4.66. The van der Waals surface area contributed by atoms with Crippen molar-refractivity contribution in [2.24, 2.45) is 34.5 Å². The van der Waals surface area contributed by atoms with Gasteiger partial charge >= 0.3 is 0 Å². The monoisotopic (exact) mass is 455 g/mol. The zero-order chi connectivity index (χ0) is 23.2. The second-order valence-corrected chi connectivity index (χ2v) is 11.6. The fraction of sp³-hybridized carbons (Fsp3) is 0.714. The number of fused-ring (bicyclic) bond motifs is 2. The average Bonchev–Trinajstić information content (AvgIpc) is 3.39. The van der Waals surface area contributed by atoms with Crippen LogP contribution in [0.25, 0.3) is 0 Å². The van der Waals surface area contributed by atoms with Crippen molar-refractivity contribution >= 4 is 0 Å². The van der Waals surface area contributed by atoms with Crippen LogP contribution in [-0.2, 0) is 6.54 Å². The van der Waals surface area contributed by atoms with Crippen LogP contribution in [0.3, 0.4) is 0 Å². The number of aliphatic hydroxyl groups is 2. The largest absolute Gasteiger partial charge is 0.454 e. The maximum atomic E-state index is 10.3. The van der Waals surface area contributed by atoms with E-state index in [1.54, 1.807) is 0 Å². The van der Waals surface area contributed by atoms with Gasteiger partial charge in [0.25, 0.3) is 0 Å². The highest BCUT2D eigenvalue weighted by atomic mass is 16.7. The molecule has 0 radical (unpaired) electrons. The SMILES string of the molecule is C=C1CCC2C(CNCc3ccc4c(c3)OCO4)C(C3(C)CCC(O)CC3CO)CCC12C. The molecule has 3 N–H and O–H groups in total. The van der Waals surface area contributed by atoms with Gasteiger partial charge in [0.2, 0.25) is 6.79 Å². The normalized spacial score (nSPS) is 40.1. The minimum Gasteiger partial charge on any atom is -0.454 e. The topological polar surface area (TPSA) is 71.0 Å². The molecule has 5 nitrogen and oxygen atoms in total. The second-order valence-electron chi connectivity index (χ2n) is 11.6. The third-order valence-electron chi connectivity index (χ3n) is 10.1. The van der Waals surface area contributed by atoms with Crippen molar-refractivity contribution in [2.45, 2.75) is 71.4 Å². The van der Waals surface area contributed by atoms with E-state index in [9.17, 15) is 10.2 Å². The lowest BCUT2D eigenvalue weighted by molar-refractivity contribution is -0.0933. The Morgan fingerprint density at radius 2 is 1.91 bits per heavy atom. The van der Waals surface area contributed by atoms with Crippen molar-refractivity contribution < 1.29 is 19.7 Å². The van der Waals surface area contributed by atoms with Gasteiger partial charge in [0.05, 0.1) is 6.10 Å². The molecule has 3 fully saturated rings. The van der Waals surface area contributed by atoms with Gasteiger partial charge < -0.3 is 25.0 Å². The van der Waals surface area contributed by atoms with E-state index >= 15 is 0 Å². The van der Waals surface area contributed by atoms with Gasteiger partial charge in [0, 0.05) is 13.2 Å². The molecule has 1 aliphatic heterocycles. The van der Waals surface area contributed by atoms with Crippen LogP contribution in [0.4, 0.5) is 0 Å². The molecule has 4 aliphatic rings. The van der Waals surface area contributed by atoms with Crippen molar-refractivity contribution in [1.82, 2.24) is 5.32 Å². The summed E-state index contributed by atoms with van der Waals surface area (Å²) in [6.07, 6.45) is 7.09. The van der Waals surface area contributed by atoms with E-state index in [-0.39, 0.29) is 29.5 Å². The molecule has 7 atom stereocenters. The maximum absolute atomic E-state index is 10.3. The van der Waals surface area contributed by atoms with Crippen LogP contribution >= 0.6 is 0 Å². The summed E-state index contributed by atoms with van der Waals surface area (Å²) in [6.45, 7) is 11.6. The Morgan fingerprint density at radius 1 is 1.09 bits per heavy atom. The molecule has 182 valence electrons. The summed E-state index contributed by atoms with van der Waals surface area (Å²) in [6, 6.07) is 6.20. The van der Waals surface area contributed by atoms with Crippen LogP contribution in [0.15, 0.2) is 30.4 Å². The molecular formula is C28H41NO4. The smallest absolute Gasteiger partial charge is 0.231 e. The van der Waals surface area contributed by atoms with Crippen LogP contribution in [0, 0.1) is 34.5 Å². The molecule has 7 unspecified atom stereocenters. The first-order valence-corrected chi connectivity index (χ1v) is 12.9. The highest BCUT2D eigenvalue weighted by Crippen LogP contribution is 2.63. The molecule has 0 saturated heterocycles. The quantitative estimate of drug-likeness (QED) is 0.544. The molecule has 1 aromatic carbocycles. The highest BCUT2D eigenvalue weighted by molar-refractivity contribution is 5.44. The summed E-state index contributed by atoms with van der Waals surface area (Å²) in [5.41, 5.74) is 2.96. The van der Waals surface area contributed by atoms with Crippen molar-refractivity contribution in [3.8, 4) is 11.5 Å². The zero-order valence-electron chi connectivity index (χ0n) is 20.3. The van der Waals surface area contributed by atoms with Crippen molar-refractivity contribution in [3.05, 3.63) is 35.9 Å². The summed E-state index contributed by atoms with van der Waals surface area (Å²) in [5.74, 6) is 3.58. The molecule has 0 amide bonds. The second kappa shape index (κ2) is 8.90. The van der Waals surface area contributed by atoms with E-state index < -0.39 is 0 Å². The zero-order valence-corrected chi connectivity index (χ0v) is 20.3. The van der Waals surface area contributed by atoms with Gasteiger partial charge in [-0.15, -0.1) is 0 Å². The Hall–Kier alpha value is -1.56. The number of hydrogen-bond acceptors (Lipinski definition) is 5. The molecule has 33 heavy (non-hydrogen) atoms. The molecule has 0 aromatic heterocycles. The molecule has 3 saturated carbocycles. The first-order valence-electron chi connectivity index (χ1n) is 12.9. The molecule has 1 heterocycles. The van der Waals surface area contributed by atoms with E-state index in [1.807, 2.05) is 6.07 Å². The van der Waals surface area contributed by atoms with Crippen molar-refractivity contribution in [2.75, 3.05) is 19.9 Å². The number of benzene rings is 1. The van der Waals surface area contributed by atoms with Crippen molar-refractivity contribution in [3.63, 3.8) is 0 Å². The lowest BCUT2D eigenvalue weighted by Gasteiger charge is -2.56. The lowest BCUT2D eigenvalue weighted by Crippen LogP contribution is -2.53. The maximum Gasteiger partial charge on any atom is 0.231 e. The van der Waals surface area contributed by atoms with E-state index in [1.165, 1.54) is 30.4 Å². The summed E-state index contributed by atoms with van der Waals surface area (Å²) >= 11 is 0. The number of nitrogens with one attached hydrogen (secondary N) is 1. The highest BCUT2D eigenvalue weighted by Gasteiger charge is 2.56. The van der Waals surface area contributed by atoms with Gasteiger partial charge in [-0.3, -0.25) is 0 Å². The van der Waals surface area contributed by atoms with Crippen LogP contribution in [-0.4, -0.2) is 36.3 Å². The lowest BCUT2D eigenvalue weighted by atomic mass is 9.49. The van der Waals surface area contributed by atoms with Gasteiger partial charge in [-0.05, 0) is 104 Å². The van der Waals surface area contributed by atoms with Gasteiger partial charge in [-0.25, -0.2) is 0 Å². The minimum atomic E-state index is -0.266. The molecule has 5 heteroatoms. The van der Waals surface area contributed by atoms with Crippen LogP contribution in [0.1, 0.15) is 64.4 Å². The average molecular weight is 456 g/mol. The Bertz CT molecular complexity index is 887. The van der Waals surface area contributed by atoms with E-state index in [4.69, 9.17) is 9.47 Å². The first kappa shape index (κ1) is 23.2. The molecular weight excluding hydrogens is 414 g/mol. The first-order chi connectivity index (χ1) is 15.8. The van der Waals surface area contributed by atoms with Gasteiger partial charge in [0.1, 0.15) is 0 Å². The Balaban J connectivity index is 1.36. The number of hydrogen-bond donors (Lipinski definition) is 3. The molecule has 3 aliphatic carbocycles. The Labute approximate surface area is 198 Å². The Kier molecular flexibility index (Phi) is 6.26. The third-order valence-corrected chi connectivity index (χ3v) is 10.1. The van der Waals surface area contributed by atoms with Crippen molar-refractivity contribution in [1.29, 1.82) is 0 Å². The van der Waals surface area contributed by atoms with Crippen LogP contribution < -0.4 is 14.8 Å². The molecule has 0 bridgehead atoms. The van der Waals surface area contributed by atoms with Crippen LogP contribution in [0.2, 0.25) is 0 Å². The summed E-state index contributed by atoms with van der Waals surface area (Å²) in [4.78, 5) is 0. The fourth-order valence-electron chi connectivity index (χ4n) is 7.90. The number of ether oxygens (including phenoxy) is 2. The van der Waals surface area contributed by atoms with E-state index in [0.717, 1.165) is 50.3 Å². The van der Waals surface area contributed by atoms with Gasteiger partial charge in [0.15, 0.2) is 11.5 Å². The summed E-state index contributed by atoms with van der Waals surface area (Å²) < 4.78 is 11.0. The standard InChI is InChI=1S/C28H41NO4/c1-18-4-6-23-22(15-29-14-19-5-7-25-26(12-19)33-17-32-25)24(9-11-27(18,23)2)28(3)10-8-21(31)13-20(28)16-30/h5,7,12,20-24,29-31H,1,4,6,8-11,13-17H2,2-3H3. The predicted molar refractivity (Wildman–Crippen MR) is 129 cm³/mol. The van der Waals surface area contributed by atoms with E-state index in [2.05, 4.69) is 37.9 Å². The molecule has 1 aromatic rings. The Morgan fingerprint density at radius 3 is 2.73 bits per heavy atom. The third kappa shape index (κ3) is 4.00. The number of aliphatic hydroxyl groups excluding tert-OH is 2. The van der Waals surface area contributed by atoms with E-state index in [0.29, 0.717) is 24.5 Å². The summed E-state index contributed by atoms with van der Waals surface area (Å²) in [7, 11) is 0. The molecule has 5 rings (SSSR count). The van der Waals surface area contributed by atoms with Gasteiger partial charge in [-0.2, -0.15) is 0 Å². The summed E-state index contributed by atoms with van der Waals surface area (Å²) in [5, 5.41) is 24.4. The van der Waals surface area contributed by atoms with Gasteiger partial charge in [-0.1, -0.05) is 32.1 Å². The number of rotatable bonds is 6.